The molecule has 116 valence electrons. The Kier molecular flexibility index (Phi) is 3.47. The number of pyridine rings is 1. The number of nitrogens with zero attached hydrogens (tertiary/aromatic N) is 4. The zero-order valence-corrected chi connectivity index (χ0v) is 13.1. The largest absolute Gasteiger partial charge is 0.316 e. The Morgan fingerprint density at radius 1 is 1.27 bits per heavy atom. The van der Waals surface area contributed by atoms with Crippen LogP contribution in [0.2, 0.25) is 0 Å². The van der Waals surface area contributed by atoms with Crippen LogP contribution in [0.4, 0.5) is 0 Å². The van der Waals surface area contributed by atoms with Crippen LogP contribution < -0.4 is 5.32 Å². The molecule has 4 heterocycles. The molecule has 22 heavy (non-hydrogen) atoms. The van der Waals surface area contributed by atoms with Gasteiger partial charge in [0, 0.05) is 56.4 Å². The Morgan fingerprint density at radius 3 is 2.91 bits per heavy atom. The molecule has 2 aliphatic rings. The van der Waals surface area contributed by atoms with Crippen molar-refractivity contribution >= 4 is 0 Å². The maximum absolute atomic E-state index is 4.66. The lowest BCUT2D eigenvalue weighted by molar-refractivity contribution is 0.269. The van der Waals surface area contributed by atoms with Crippen LogP contribution in [0, 0.1) is 5.41 Å². The van der Waals surface area contributed by atoms with Gasteiger partial charge in [-0.25, -0.2) is 0 Å². The Hall–Kier alpha value is -1.72. The highest BCUT2D eigenvalue weighted by Gasteiger charge is 2.40. The first-order valence-electron chi connectivity index (χ1n) is 8.10. The van der Waals surface area contributed by atoms with Gasteiger partial charge in [-0.3, -0.25) is 14.6 Å². The molecule has 1 unspecified atom stereocenters. The fourth-order valence-electron chi connectivity index (χ4n) is 3.95. The van der Waals surface area contributed by atoms with Crippen LogP contribution in [-0.4, -0.2) is 45.8 Å². The summed E-state index contributed by atoms with van der Waals surface area (Å²) in [4.78, 5) is 6.70. The lowest BCUT2D eigenvalue weighted by Gasteiger charge is -2.22. The summed E-state index contributed by atoms with van der Waals surface area (Å²) in [5, 5.41) is 8.19. The van der Waals surface area contributed by atoms with E-state index in [1.54, 1.807) is 0 Å². The molecule has 1 atom stereocenters. The monoisotopic (exact) mass is 297 g/mol. The molecule has 2 aliphatic heterocycles. The fourth-order valence-corrected chi connectivity index (χ4v) is 3.95. The highest BCUT2D eigenvalue weighted by atomic mass is 15.3. The maximum Gasteiger partial charge on any atom is 0.0969 e. The van der Waals surface area contributed by atoms with Crippen LogP contribution in [0.15, 0.2) is 30.7 Å². The number of likely N-dealkylation sites (tertiary alicyclic amines) is 1. The minimum Gasteiger partial charge on any atom is -0.316 e. The maximum atomic E-state index is 4.66. The number of aromatic nitrogens is 3. The van der Waals surface area contributed by atoms with Gasteiger partial charge in [0.1, 0.15) is 0 Å². The predicted octanol–water partition coefficient (Wildman–Crippen LogP) is 1.67. The van der Waals surface area contributed by atoms with Gasteiger partial charge in [0.15, 0.2) is 0 Å². The van der Waals surface area contributed by atoms with Gasteiger partial charge in [-0.05, 0) is 43.5 Å². The third kappa shape index (κ3) is 2.55. The average molecular weight is 297 g/mol. The predicted molar refractivity (Wildman–Crippen MR) is 86.3 cm³/mol. The quantitative estimate of drug-likeness (QED) is 0.936. The Balaban J connectivity index is 1.54. The van der Waals surface area contributed by atoms with Crippen LogP contribution in [0.5, 0.6) is 0 Å². The number of rotatable bonds is 3. The summed E-state index contributed by atoms with van der Waals surface area (Å²) >= 11 is 0. The summed E-state index contributed by atoms with van der Waals surface area (Å²) in [6.07, 6.45) is 8.48. The van der Waals surface area contributed by atoms with E-state index < -0.39 is 0 Å². The van der Waals surface area contributed by atoms with E-state index in [0.29, 0.717) is 5.41 Å². The highest BCUT2D eigenvalue weighted by molar-refractivity contribution is 5.61. The molecule has 2 aromatic heterocycles. The smallest absolute Gasteiger partial charge is 0.0969 e. The van der Waals surface area contributed by atoms with Crippen molar-refractivity contribution < 1.29 is 0 Å². The molecule has 1 spiro atoms. The molecule has 0 bridgehead atoms. The molecule has 0 aliphatic carbocycles. The van der Waals surface area contributed by atoms with E-state index in [1.165, 1.54) is 44.6 Å². The number of hydrogen-bond acceptors (Lipinski definition) is 4. The van der Waals surface area contributed by atoms with Crippen molar-refractivity contribution in [2.24, 2.45) is 12.5 Å². The van der Waals surface area contributed by atoms with Gasteiger partial charge in [-0.1, -0.05) is 0 Å². The van der Waals surface area contributed by atoms with E-state index in [-0.39, 0.29) is 0 Å². The number of aryl methyl sites for hydroxylation is 1. The molecule has 5 nitrogen and oxygen atoms in total. The first-order chi connectivity index (χ1) is 10.7. The van der Waals surface area contributed by atoms with Gasteiger partial charge in [0.05, 0.1) is 5.69 Å². The Labute approximate surface area is 131 Å². The molecule has 0 amide bonds. The van der Waals surface area contributed by atoms with Crippen LogP contribution in [0.3, 0.4) is 0 Å². The van der Waals surface area contributed by atoms with Gasteiger partial charge in [0.2, 0.25) is 0 Å². The van der Waals surface area contributed by atoms with E-state index in [9.17, 15) is 0 Å². The summed E-state index contributed by atoms with van der Waals surface area (Å²) in [5.41, 5.74) is 4.09. The molecule has 2 saturated heterocycles. The van der Waals surface area contributed by atoms with Crippen molar-refractivity contribution in [2.75, 3.05) is 26.2 Å². The fraction of sp³-hybridized carbons (Fsp3) is 0.529. The second kappa shape index (κ2) is 5.48. The van der Waals surface area contributed by atoms with Crippen molar-refractivity contribution in [2.45, 2.75) is 19.4 Å². The minimum atomic E-state index is 0.527. The van der Waals surface area contributed by atoms with E-state index in [2.05, 4.69) is 26.5 Å². The second-order valence-electron chi connectivity index (χ2n) is 6.80. The molecule has 2 fully saturated rings. The van der Waals surface area contributed by atoms with E-state index in [0.717, 1.165) is 17.8 Å². The molecule has 2 aromatic rings. The summed E-state index contributed by atoms with van der Waals surface area (Å²) in [6.45, 7) is 5.78. The molecular formula is C17H23N5. The van der Waals surface area contributed by atoms with Gasteiger partial charge in [-0.2, -0.15) is 5.10 Å². The molecule has 4 rings (SSSR count). The van der Waals surface area contributed by atoms with Gasteiger partial charge < -0.3 is 5.32 Å². The van der Waals surface area contributed by atoms with Crippen molar-refractivity contribution in [1.82, 2.24) is 25.0 Å². The Morgan fingerprint density at radius 2 is 2.14 bits per heavy atom. The molecular weight excluding hydrogens is 274 g/mol. The number of nitrogens with one attached hydrogen (secondary N) is 1. The van der Waals surface area contributed by atoms with Crippen molar-refractivity contribution in [1.29, 1.82) is 0 Å². The Bertz CT molecular complexity index is 642. The normalized spacial score (nSPS) is 25.3. The lowest BCUT2D eigenvalue weighted by Crippen LogP contribution is -2.29. The SMILES string of the molecule is Cn1cc(CN2CCC3(CCNC3)C2)c(-c2ccncc2)n1. The summed E-state index contributed by atoms with van der Waals surface area (Å²) < 4.78 is 1.92. The van der Waals surface area contributed by atoms with Crippen LogP contribution in [-0.2, 0) is 13.6 Å². The molecule has 0 aromatic carbocycles. The van der Waals surface area contributed by atoms with E-state index >= 15 is 0 Å². The molecule has 5 heteroatoms. The standard InChI is InChI=1S/C17H23N5/c1-21-10-15(16(20-21)14-2-6-18-7-3-14)11-22-9-5-17(13-22)4-8-19-12-17/h2-3,6-7,10,19H,4-5,8-9,11-13H2,1H3. The van der Waals surface area contributed by atoms with Gasteiger partial charge >= 0.3 is 0 Å². The highest BCUT2D eigenvalue weighted by Crippen LogP contribution is 2.37. The van der Waals surface area contributed by atoms with Gasteiger partial charge in [-0.15, -0.1) is 0 Å². The van der Waals surface area contributed by atoms with Crippen molar-refractivity contribution in [3.8, 4) is 11.3 Å². The van der Waals surface area contributed by atoms with Crippen LogP contribution in [0.25, 0.3) is 11.3 Å². The first kappa shape index (κ1) is 13.9. The molecule has 0 saturated carbocycles. The zero-order chi connectivity index (χ0) is 15.0. The molecule has 0 radical (unpaired) electrons. The number of hydrogen-bond donors (Lipinski definition) is 1. The zero-order valence-electron chi connectivity index (χ0n) is 13.1. The lowest BCUT2D eigenvalue weighted by atomic mass is 9.86. The second-order valence-corrected chi connectivity index (χ2v) is 6.80. The average Bonchev–Trinajstić information content (AvgIpc) is 3.24. The van der Waals surface area contributed by atoms with Crippen LogP contribution >= 0.6 is 0 Å². The van der Waals surface area contributed by atoms with Crippen LogP contribution in [0.1, 0.15) is 18.4 Å². The third-order valence-corrected chi connectivity index (χ3v) is 5.10. The topological polar surface area (TPSA) is 46.0 Å². The first-order valence-corrected chi connectivity index (χ1v) is 8.10. The van der Waals surface area contributed by atoms with Gasteiger partial charge in [0.25, 0.3) is 0 Å². The summed E-state index contributed by atoms with van der Waals surface area (Å²) in [5.74, 6) is 0. The summed E-state index contributed by atoms with van der Waals surface area (Å²) in [7, 11) is 2.00. The van der Waals surface area contributed by atoms with E-state index in [4.69, 9.17) is 0 Å². The van der Waals surface area contributed by atoms with Crippen molar-refractivity contribution in [3.05, 3.63) is 36.3 Å². The third-order valence-electron chi connectivity index (χ3n) is 5.10. The summed E-state index contributed by atoms with van der Waals surface area (Å²) in [6, 6.07) is 4.08. The molecule has 1 N–H and O–H groups in total. The van der Waals surface area contributed by atoms with E-state index in [1.807, 2.05) is 36.3 Å². The van der Waals surface area contributed by atoms with Crippen molar-refractivity contribution in [3.63, 3.8) is 0 Å². The minimum absolute atomic E-state index is 0.527.